The van der Waals surface area contributed by atoms with Crippen LogP contribution >= 0.6 is 11.3 Å². The fraction of sp³-hybridized carbons (Fsp3) is 0.250. The molecule has 0 aromatic carbocycles. The second kappa shape index (κ2) is 3.43. The second-order valence-corrected chi connectivity index (χ2v) is 3.60. The number of aliphatic carboxylic acids is 2. The van der Waals surface area contributed by atoms with Crippen molar-refractivity contribution >= 4 is 23.3 Å². The Morgan fingerprint density at radius 2 is 1.47 bits per heavy atom. The lowest BCUT2D eigenvalue weighted by atomic mass is 10.2. The summed E-state index contributed by atoms with van der Waals surface area (Å²) < 4.78 is 10.0. The van der Waals surface area contributed by atoms with Gasteiger partial charge in [0.2, 0.25) is 12.2 Å². The van der Waals surface area contributed by atoms with E-state index in [-0.39, 0.29) is 11.5 Å². The van der Waals surface area contributed by atoms with E-state index in [0.717, 1.165) is 0 Å². The van der Waals surface area contributed by atoms with Gasteiger partial charge >= 0.3 is 11.9 Å². The lowest BCUT2D eigenvalue weighted by Gasteiger charge is -2.26. The van der Waals surface area contributed by atoms with E-state index in [4.69, 9.17) is 19.7 Å². The first-order valence-electron chi connectivity index (χ1n) is 3.94. The number of carboxylic acids is 2. The largest absolute Gasteiger partial charge is 0.478 e. The third-order valence-corrected chi connectivity index (χ3v) is 2.56. The Labute approximate surface area is 87.7 Å². The molecule has 2 rings (SSSR count). The highest BCUT2D eigenvalue weighted by molar-refractivity contribution is 7.08. The molecule has 2 atom stereocenters. The lowest BCUT2D eigenvalue weighted by molar-refractivity contribution is -0.164. The molecule has 0 aliphatic carbocycles. The Kier molecular flexibility index (Phi) is 2.24. The van der Waals surface area contributed by atoms with E-state index in [1.165, 1.54) is 11.3 Å². The summed E-state index contributed by atoms with van der Waals surface area (Å²) in [5.41, 5.74) is 0. The van der Waals surface area contributed by atoms with Crippen LogP contribution in [0.4, 0.5) is 0 Å². The Balaban J connectivity index is 2.33. The van der Waals surface area contributed by atoms with Crippen LogP contribution in [0, 0.1) is 0 Å². The molecule has 0 saturated carbocycles. The Hall–Kier alpha value is -1.76. The molecule has 1 aromatic rings. The molecule has 2 unspecified atom stereocenters. The van der Waals surface area contributed by atoms with Gasteiger partial charge in [-0.05, 0) is 0 Å². The third kappa shape index (κ3) is 1.61. The molecule has 6 nitrogen and oxygen atoms in total. The van der Waals surface area contributed by atoms with Gasteiger partial charge in [0.05, 0.1) is 0 Å². The van der Waals surface area contributed by atoms with Gasteiger partial charge in [-0.3, -0.25) is 0 Å². The Morgan fingerprint density at radius 1 is 1.07 bits per heavy atom. The van der Waals surface area contributed by atoms with E-state index in [1.54, 1.807) is 10.8 Å². The SMILES string of the molecule is O=C(O)C1Oc2cscc2OC1C(=O)O. The van der Waals surface area contributed by atoms with Gasteiger partial charge in [0, 0.05) is 10.8 Å². The van der Waals surface area contributed by atoms with E-state index in [1.807, 2.05) is 0 Å². The van der Waals surface area contributed by atoms with E-state index in [2.05, 4.69) is 0 Å². The summed E-state index contributed by atoms with van der Waals surface area (Å²) in [6.45, 7) is 0. The zero-order valence-electron chi connectivity index (χ0n) is 7.25. The summed E-state index contributed by atoms with van der Waals surface area (Å²) in [4.78, 5) is 21.5. The van der Waals surface area contributed by atoms with Crippen molar-refractivity contribution in [3.05, 3.63) is 10.8 Å². The van der Waals surface area contributed by atoms with Crippen molar-refractivity contribution in [1.29, 1.82) is 0 Å². The molecule has 0 fully saturated rings. The van der Waals surface area contributed by atoms with Crippen molar-refractivity contribution in [1.82, 2.24) is 0 Å². The quantitative estimate of drug-likeness (QED) is 0.765. The molecule has 80 valence electrons. The van der Waals surface area contributed by atoms with Crippen LogP contribution in [0.2, 0.25) is 0 Å². The number of rotatable bonds is 2. The van der Waals surface area contributed by atoms with Gasteiger partial charge in [-0.1, -0.05) is 0 Å². The number of fused-ring (bicyclic) bond motifs is 1. The van der Waals surface area contributed by atoms with Crippen molar-refractivity contribution in [2.45, 2.75) is 12.2 Å². The average molecular weight is 230 g/mol. The Bertz CT molecular complexity index is 375. The van der Waals surface area contributed by atoms with Crippen molar-refractivity contribution < 1.29 is 29.3 Å². The second-order valence-electron chi connectivity index (χ2n) is 2.85. The summed E-state index contributed by atoms with van der Waals surface area (Å²) in [5, 5.41) is 20.6. The monoisotopic (exact) mass is 230 g/mol. The minimum Gasteiger partial charge on any atom is -0.478 e. The number of ether oxygens (including phenoxy) is 2. The van der Waals surface area contributed by atoms with Crippen molar-refractivity contribution in [2.75, 3.05) is 0 Å². The number of carboxylic acid groups (broad SMARTS) is 2. The van der Waals surface area contributed by atoms with Crippen LogP contribution in [0.15, 0.2) is 10.8 Å². The van der Waals surface area contributed by atoms with Crippen molar-refractivity contribution in [3.8, 4) is 11.5 Å². The predicted molar refractivity (Wildman–Crippen MR) is 48.4 cm³/mol. The van der Waals surface area contributed by atoms with Gasteiger partial charge in [0.25, 0.3) is 0 Å². The van der Waals surface area contributed by atoms with E-state index in [9.17, 15) is 9.59 Å². The number of hydrogen-bond acceptors (Lipinski definition) is 5. The number of hydrogen-bond donors (Lipinski definition) is 2. The first-order valence-corrected chi connectivity index (χ1v) is 4.89. The maximum Gasteiger partial charge on any atom is 0.349 e. The molecule has 0 amide bonds. The van der Waals surface area contributed by atoms with E-state index < -0.39 is 24.1 Å². The van der Waals surface area contributed by atoms with Gasteiger partial charge in [0.15, 0.2) is 11.5 Å². The van der Waals surface area contributed by atoms with Crippen LogP contribution in [0.3, 0.4) is 0 Å². The molecule has 0 bridgehead atoms. The van der Waals surface area contributed by atoms with Crippen LogP contribution in [0.5, 0.6) is 11.5 Å². The number of thiophene rings is 1. The van der Waals surface area contributed by atoms with Crippen LogP contribution in [-0.2, 0) is 9.59 Å². The van der Waals surface area contributed by atoms with Gasteiger partial charge < -0.3 is 19.7 Å². The maximum absolute atomic E-state index is 10.7. The molecule has 0 saturated heterocycles. The molecule has 1 aliphatic rings. The predicted octanol–water partition coefficient (Wildman–Crippen LogP) is 0.426. The zero-order chi connectivity index (χ0) is 11.0. The highest BCUT2D eigenvalue weighted by atomic mass is 32.1. The number of carbonyl (C=O) groups is 2. The van der Waals surface area contributed by atoms with Gasteiger partial charge in [-0.25, -0.2) is 9.59 Å². The fourth-order valence-electron chi connectivity index (χ4n) is 1.20. The summed E-state index contributed by atoms with van der Waals surface area (Å²) in [7, 11) is 0. The van der Waals surface area contributed by atoms with Gasteiger partial charge in [-0.15, -0.1) is 11.3 Å². The minimum absolute atomic E-state index is 0.268. The zero-order valence-corrected chi connectivity index (χ0v) is 8.06. The first-order chi connectivity index (χ1) is 7.09. The lowest BCUT2D eigenvalue weighted by Crippen LogP contribution is -2.49. The van der Waals surface area contributed by atoms with E-state index >= 15 is 0 Å². The minimum atomic E-state index is -1.51. The van der Waals surface area contributed by atoms with Crippen molar-refractivity contribution in [2.24, 2.45) is 0 Å². The van der Waals surface area contributed by atoms with Crippen LogP contribution in [-0.4, -0.2) is 34.4 Å². The van der Waals surface area contributed by atoms with Crippen LogP contribution < -0.4 is 9.47 Å². The smallest absolute Gasteiger partial charge is 0.349 e. The molecule has 1 aliphatic heterocycles. The van der Waals surface area contributed by atoms with Gasteiger partial charge in [-0.2, -0.15) is 0 Å². The molecule has 0 radical (unpaired) electrons. The fourth-order valence-corrected chi connectivity index (χ4v) is 1.86. The maximum atomic E-state index is 10.7. The molecular formula is C8H6O6S. The standard InChI is InChI=1S/C8H6O6S/c9-7(10)5-6(8(11)12)14-4-2-15-1-3(4)13-5/h1-2,5-6H,(H,9,10)(H,11,12). The summed E-state index contributed by atoms with van der Waals surface area (Å²) in [6, 6.07) is 0. The average Bonchev–Trinajstić information content (AvgIpc) is 2.61. The van der Waals surface area contributed by atoms with Crippen molar-refractivity contribution in [3.63, 3.8) is 0 Å². The molecule has 2 N–H and O–H groups in total. The topological polar surface area (TPSA) is 93.1 Å². The third-order valence-electron chi connectivity index (χ3n) is 1.86. The molecule has 7 heteroatoms. The summed E-state index contributed by atoms with van der Waals surface area (Å²) in [5.74, 6) is -2.19. The molecule has 0 spiro atoms. The van der Waals surface area contributed by atoms with Crippen LogP contribution in [0.25, 0.3) is 0 Å². The normalized spacial score (nSPS) is 23.5. The van der Waals surface area contributed by atoms with Gasteiger partial charge in [0.1, 0.15) is 0 Å². The summed E-state index contributed by atoms with van der Waals surface area (Å²) in [6.07, 6.45) is -3.02. The highest BCUT2D eigenvalue weighted by Gasteiger charge is 2.42. The molecule has 2 heterocycles. The Morgan fingerprint density at radius 3 is 1.80 bits per heavy atom. The molecular weight excluding hydrogens is 224 g/mol. The first kappa shape index (κ1) is 9.78. The van der Waals surface area contributed by atoms with E-state index in [0.29, 0.717) is 0 Å². The summed E-state index contributed by atoms with van der Waals surface area (Å²) >= 11 is 1.25. The molecule has 15 heavy (non-hydrogen) atoms. The molecule has 1 aromatic heterocycles. The highest BCUT2D eigenvalue weighted by Crippen LogP contribution is 2.37. The van der Waals surface area contributed by atoms with Crippen LogP contribution in [0.1, 0.15) is 0 Å².